The predicted molar refractivity (Wildman–Crippen MR) is 69.7 cm³/mol. The second-order valence-corrected chi connectivity index (χ2v) is 6.23. The van der Waals surface area contributed by atoms with Crippen LogP contribution in [0.5, 0.6) is 0 Å². The number of hydrogen-bond donors (Lipinski definition) is 2. The van der Waals surface area contributed by atoms with Gasteiger partial charge in [0, 0.05) is 24.9 Å². The van der Waals surface area contributed by atoms with E-state index in [1.54, 1.807) is 0 Å². The summed E-state index contributed by atoms with van der Waals surface area (Å²) in [5.41, 5.74) is 0. The van der Waals surface area contributed by atoms with Crippen molar-refractivity contribution < 1.29 is 19.5 Å². The fraction of sp³-hybridized carbons (Fsp3) is 0.786. The van der Waals surface area contributed by atoms with Crippen molar-refractivity contribution in [3.8, 4) is 0 Å². The molecular weight excluding hydrogens is 260 g/mol. The summed E-state index contributed by atoms with van der Waals surface area (Å²) in [5, 5.41) is 11.9. The maximum atomic E-state index is 12.1. The molecule has 110 valence electrons. The van der Waals surface area contributed by atoms with E-state index < -0.39 is 5.97 Å². The van der Waals surface area contributed by atoms with Gasteiger partial charge in [-0.05, 0) is 32.1 Å². The molecule has 6 nitrogen and oxygen atoms in total. The van der Waals surface area contributed by atoms with Gasteiger partial charge in [0.25, 0.3) is 0 Å². The van der Waals surface area contributed by atoms with Gasteiger partial charge >= 0.3 is 5.97 Å². The number of nitrogens with one attached hydrogen (secondary N) is 1. The first-order chi connectivity index (χ1) is 9.54. The van der Waals surface area contributed by atoms with E-state index in [2.05, 4.69) is 5.32 Å². The molecule has 0 spiro atoms. The van der Waals surface area contributed by atoms with E-state index in [1.165, 1.54) is 0 Å². The smallest absolute Gasteiger partial charge is 0.306 e. The van der Waals surface area contributed by atoms with E-state index in [4.69, 9.17) is 5.11 Å². The fourth-order valence-corrected chi connectivity index (χ4v) is 3.33. The van der Waals surface area contributed by atoms with Gasteiger partial charge in [0.15, 0.2) is 0 Å². The van der Waals surface area contributed by atoms with E-state index in [0.717, 1.165) is 12.8 Å². The molecule has 3 aliphatic rings. The Hall–Kier alpha value is -1.59. The molecule has 2 aliphatic carbocycles. The summed E-state index contributed by atoms with van der Waals surface area (Å²) in [6, 6.07) is 0.298. The van der Waals surface area contributed by atoms with E-state index in [0.29, 0.717) is 38.3 Å². The molecule has 2 saturated carbocycles. The molecule has 1 unspecified atom stereocenters. The zero-order chi connectivity index (χ0) is 14.3. The Morgan fingerprint density at radius 2 is 1.85 bits per heavy atom. The summed E-state index contributed by atoms with van der Waals surface area (Å²) < 4.78 is 0. The van der Waals surface area contributed by atoms with Crippen molar-refractivity contribution in [1.82, 2.24) is 10.2 Å². The quantitative estimate of drug-likeness (QED) is 0.779. The number of carbonyl (C=O) groups is 3. The molecular formula is C14H20N2O4. The van der Waals surface area contributed by atoms with Gasteiger partial charge < -0.3 is 15.3 Å². The standard InChI is InChI=1S/C14H20N2O4/c17-12-6-10(7-16(12)11-3-4-11)15-13(18)8-1-2-9(5-8)14(19)20/h8-11H,1-7H2,(H,15,18)(H,19,20)/t8-,9+,10?/m0/s1. The fourth-order valence-electron chi connectivity index (χ4n) is 3.33. The molecule has 2 N–H and O–H groups in total. The van der Waals surface area contributed by atoms with Gasteiger partial charge in [-0.15, -0.1) is 0 Å². The van der Waals surface area contributed by atoms with E-state index in [9.17, 15) is 14.4 Å². The minimum Gasteiger partial charge on any atom is -0.481 e. The molecule has 20 heavy (non-hydrogen) atoms. The van der Waals surface area contributed by atoms with Crippen molar-refractivity contribution in [2.75, 3.05) is 6.54 Å². The Kier molecular flexibility index (Phi) is 3.40. The monoisotopic (exact) mass is 280 g/mol. The van der Waals surface area contributed by atoms with Crippen LogP contribution in [0.25, 0.3) is 0 Å². The summed E-state index contributed by atoms with van der Waals surface area (Å²) >= 11 is 0. The highest BCUT2D eigenvalue weighted by atomic mass is 16.4. The molecule has 0 bridgehead atoms. The molecule has 3 fully saturated rings. The number of carbonyl (C=O) groups excluding carboxylic acids is 2. The lowest BCUT2D eigenvalue weighted by atomic mass is 10.0. The predicted octanol–water partition coefficient (Wildman–Crippen LogP) is 0.367. The maximum absolute atomic E-state index is 12.1. The van der Waals surface area contributed by atoms with Crippen molar-refractivity contribution in [2.24, 2.45) is 11.8 Å². The number of nitrogens with zero attached hydrogens (tertiary/aromatic N) is 1. The van der Waals surface area contributed by atoms with Gasteiger partial charge in [-0.25, -0.2) is 0 Å². The third kappa shape index (κ3) is 2.64. The molecule has 1 heterocycles. The van der Waals surface area contributed by atoms with Crippen molar-refractivity contribution in [3.63, 3.8) is 0 Å². The summed E-state index contributed by atoms with van der Waals surface area (Å²) in [4.78, 5) is 36.7. The molecule has 3 atom stereocenters. The largest absolute Gasteiger partial charge is 0.481 e. The summed E-state index contributed by atoms with van der Waals surface area (Å²) in [6.45, 7) is 0.615. The first kappa shape index (κ1) is 13.4. The van der Waals surface area contributed by atoms with Gasteiger partial charge in [-0.1, -0.05) is 0 Å². The van der Waals surface area contributed by atoms with Crippen molar-refractivity contribution in [2.45, 2.75) is 50.6 Å². The van der Waals surface area contributed by atoms with Crippen LogP contribution in [0.2, 0.25) is 0 Å². The van der Waals surface area contributed by atoms with Crippen molar-refractivity contribution in [1.29, 1.82) is 0 Å². The Morgan fingerprint density at radius 1 is 1.15 bits per heavy atom. The summed E-state index contributed by atoms with van der Waals surface area (Å²) in [6.07, 6.45) is 4.18. The number of hydrogen-bond acceptors (Lipinski definition) is 3. The summed E-state index contributed by atoms with van der Waals surface area (Å²) in [7, 11) is 0. The van der Waals surface area contributed by atoms with Gasteiger partial charge in [0.2, 0.25) is 11.8 Å². The van der Waals surface area contributed by atoms with Crippen LogP contribution in [-0.2, 0) is 14.4 Å². The normalized spacial score (nSPS) is 33.5. The molecule has 6 heteroatoms. The van der Waals surface area contributed by atoms with Crippen molar-refractivity contribution in [3.05, 3.63) is 0 Å². The van der Waals surface area contributed by atoms with Crippen LogP contribution in [0.4, 0.5) is 0 Å². The van der Waals surface area contributed by atoms with Crippen LogP contribution in [0, 0.1) is 11.8 Å². The lowest BCUT2D eigenvalue weighted by molar-refractivity contribution is -0.141. The van der Waals surface area contributed by atoms with Gasteiger partial charge in [-0.2, -0.15) is 0 Å². The topological polar surface area (TPSA) is 86.7 Å². The second kappa shape index (κ2) is 5.07. The molecule has 1 saturated heterocycles. The Labute approximate surface area is 117 Å². The number of likely N-dealkylation sites (tertiary alicyclic amines) is 1. The SMILES string of the molecule is O=C(O)[C@@H]1CC[C@H](C(=O)NC2CC(=O)N(C3CC3)C2)C1. The highest BCUT2D eigenvalue weighted by Gasteiger charge is 2.41. The highest BCUT2D eigenvalue weighted by molar-refractivity contribution is 5.84. The number of carboxylic acids is 1. The van der Waals surface area contributed by atoms with Gasteiger partial charge in [-0.3, -0.25) is 14.4 Å². The second-order valence-electron chi connectivity index (χ2n) is 6.23. The maximum Gasteiger partial charge on any atom is 0.306 e. The van der Waals surface area contributed by atoms with Crippen LogP contribution in [0.1, 0.15) is 38.5 Å². The first-order valence-corrected chi connectivity index (χ1v) is 7.37. The minimum atomic E-state index is -0.809. The number of aliphatic carboxylic acids is 1. The molecule has 2 amide bonds. The summed E-state index contributed by atoms with van der Waals surface area (Å²) in [5.74, 6) is -1.35. The van der Waals surface area contributed by atoms with Crippen LogP contribution >= 0.6 is 0 Å². The molecule has 1 aliphatic heterocycles. The lowest BCUT2D eigenvalue weighted by Crippen LogP contribution is -2.40. The van der Waals surface area contributed by atoms with E-state index >= 15 is 0 Å². The van der Waals surface area contributed by atoms with Gasteiger partial charge in [0.05, 0.1) is 12.0 Å². The van der Waals surface area contributed by atoms with Crippen LogP contribution in [-0.4, -0.2) is 46.4 Å². The molecule has 0 radical (unpaired) electrons. The third-order valence-corrected chi connectivity index (χ3v) is 4.65. The average Bonchev–Trinajstić information content (AvgIpc) is 2.98. The zero-order valence-electron chi connectivity index (χ0n) is 11.4. The number of amides is 2. The van der Waals surface area contributed by atoms with E-state index in [-0.39, 0.29) is 29.7 Å². The molecule has 0 aromatic rings. The molecule has 3 rings (SSSR count). The Morgan fingerprint density at radius 3 is 2.45 bits per heavy atom. The third-order valence-electron chi connectivity index (χ3n) is 4.65. The number of rotatable bonds is 4. The zero-order valence-corrected chi connectivity index (χ0v) is 11.4. The highest BCUT2D eigenvalue weighted by Crippen LogP contribution is 2.33. The van der Waals surface area contributed by atoms with E-state index in [1.807, 2.05) is 4.90 Å². The number of carboxylic acid groups (broad SMARTS) is 1. The van der Waals surface area contributed by atoms with Crippen LogP contribution in [0.15, 0.2) is 0 Å². The minimum absolute atomic E-state index is 0.0794. The van der Waals surface area contributed by atoms with Gasteiger partial charge in [0.1, 0.15) is 0 Å². The molecule has 0 aromatic carbocycles. The average molecular weight is 280 g/mol. The van der Waals surface area contributed by atoms with Crippen LogP contribution in [0.3, 0.4) is 0 Å². The Balaban J connectivity index is 1.50. The Bertz CT molecular complexity index is 446. The van der Waals surface area contributed by atoms with Crippen LogP contribution < -0.4 is 5.32 Å². The lowest BCUT2D eigenvalue weighted by Gasteiger charge is -2.17. The van der Waals surface area contributed by atoms with Crippen molar-refractivity contribution >= 4 is 17.8 Å². The molecule has 0 aromatic heterocycles. The first-order valence-electron chi connectivity index (χ1n) is 7.37.